The second-order valence-corrected chi connectivity index (χ2v) is 8.28. The maximum absolute atomic E-state index is 12.9. The first-order valence-electron chi connectivity index (χ1n) is 8.83. The number of hydrogen-bond donors (Lipinski definition) is 1. The van der Waals surface area contributed by atoms with Crippen molar-refractivity contribution in [2.24, 2.45) is 0 Å². The van der Waals surface area contributed by atoms with Gasteiger partial charge in [0.15, 0.2) is 6.10 Å². The van der Waals surface area contributed by atoms with Crippen LogP contribution < -0.4 is 19.1 Å². The monoisotopic (exact) mass is 408 g/mol. The molecule has 0 saturated heterocycles. The number of sulfonamides is 1. The number of halogens is 1. The molecule has 0 saturated carbocycles. The minimum absolute atomic E-state index is 0.0822. The van der Waals surface area contributed by atoms with Gasteiger partial charge in [0.05, 0.1) is 24.5 Å². The first kappa shape index (κ1) is 19.9. The zero-order valence-corrected chi connectivity index (χ0v) is 16.1. The van der Waals surface area contributed by atoms with E-state index in [2.05, 4.69) is 5.32 Å². The normalized spacial score (nSPS) is 16.1. The largest absolute Gasteiger partial charge is 0.492 e. The van der Waals surface area contributed by atoms with Gasteiger partial charge in [-0.25, -0.2) is 12.8 Å². The average molecular weight is 408 g/mol. The molecular formula is C19H21FN2O5S. The summed E-state index contributed by atoms with van der Waals surface area (Å²) in [7, 11) is -3.55. The molecule has 1 aliphatic heterocycles. The number of hydrogen-bond acceptors (Lipinski definition) is 5. The predicted octanol–water partition coefficient (Wildman–Crippen LogP) is 1.94. The highest BCUT2D eigenvalue weighted by Gasteiger charge is 2.35. The molecular weight excluding hydrogens is 387 g/mol. The summed E-state index contributed by atoms with van der Waals surface area (Å²) >= 11 is 0. The van der Waals surface area contributed by atoms with Crippen LogP contribution in [0.2, 0.25) is 0 Å². The molecule has 0 fully saturated rings. The number of anilines is 1. The van der Waals surface area contributed by atoms with Gasteiger partial charge in [0.2, 0.25) is 10.0 Å². The smallest absolute Gasteiger partial charge is 0.263 e. The molecule has 2 aromatic rings. The van der Waals surface area contributed by atoms with E-state index >= 15 is 0 Å². The Bertz CT molecular complexity index is 934. The van der Waals surface area contributed by atoms with E-state index < -0.39 is 22.0 Å². The molecule has 0 unspecified atom stereocenters. The molecule has 1 atom stereocenters. The number of amides is 1. The molecule has 9 heteroatoms. The molecule has 2 aromatic carbocycles. The van der Waals surface area contributed by atoms with Gasteiger partial charge in [0, 0.05) is 0 Å². The molecule has 1 N–H and O–H groups in total. The minimum Gasteiger partial charge on any atom is -0.492 e. The Morgan fingerprint density at radius 3 is 2.68 bits per heavy atom. The van der Waals surface area contributed by atoms with Gasteiger partial charge in [-0.3, -0.25) is 9.10 Å². The first-order chi connectivity index (χ1) is 13.4. The van der Waals surface area contributed by atoms with Crippen LogP contribution in [0, 0.1) is 5.82 Å². The molecule has 7 nitrogen and oxygen atoms in total. The van der Waals surface area contributed by atoms with E-state index in [-0.39, 0.29) is 31.3 Å². The standard InChI is InChI=1S/C19H21FN2O5S/c1-2-28(24,25)22-13-18(27-17-6-4-3-5-16(17)22)19(23)21-11-12-26-15-9-7-14(20)8-10-15/h3-10,18H,2,11-13H2,1H3,(H,21,23)/t18-/m0/s1. The van der Waals surface area contributed by atoms with Gasteiger partial charge >= 0.3 is 0 Å². The van der Waals surface area contributed by atoms with Gasteiger partial charge in [-0.2, -0.15) is 0 Å². The van der Waals surface area contributed by atoms with E-state index in [0.717, 1.165) is 0 Å². The van der Waals surface area contributed by atoms with Crippen LogP contribution in [0.1, 0.15) is 6.92 Å². The summed E-state index contributed by atoms with van der Waals surface area (Å²) in [5, 5.41) is 2.67. The number of nitrogens with one attached hydrogen (secondary N) is 1. The quantitative estimate of drug-likeness (QED) is 0.708. The Hall–Kier alpha value is -2.81. The summed E-state index contributed by atoms with van der Waals surface area (Å²) in [6.07, 6.45) is -0.970. The highest BCUT2D eigenvalue weighted by Crippen LogP contribution is 2.34. The third-order valence-electron chi connectivity index (χ3n) is 4.21. The fourth-order valence-electron chi connectivity index (χ4n) is 2.75. The van der Waals surface area contributed by atoms with Crippen LogP contribution in [0.5, 0.6) is 11.5 Å². The van der Waals surface area contributed by atoms with Crippen molar-refractivity contribution in [2.75, 3.05) is 29.8 Å². The SMILES string of the molecule is CCS(=O)(=O)N1C[C@@H](C(=O)NCCOc2ccc(F)cc2)Oc2ccccc21. The molecule has 1 aliphatic rings. The number of rotatable bonds is 7. The third kappa shape index (κ3) is 4.53. The van der Waals surface area contributed by atoms with E-state index in [0.29, 0.717) is 17.2 Å². The Labute approximate surface area is 163 Å². The van der Waals surface area contributed by atoms with Crippen LogP contribution in [0.4, 0.5) is 10.1 Å². The van der Waals surface area contributed by atoms with E-state index in [4.69, 9.17) is 9.47 Å². The maximum Gasteiger partial charge on any atom is 0.263 e. The lowest BCUT2D eigenvalue weighted by molar-refractivity contribution is -0.127. The van der Waals surface area contributed by atoms with Crippen molar-refractivity contribution in [1.82, 2.24) is 5.32 Å². The first-order valence-corrected chi connectivity index (χ1v) is 10.4. The summed E-state index contributed by atoms with van der Waals surface area (Å²) in [6.45, 7) is 1.82. The Morgan fingerprint density at radius 1 is 1.25 bits per heavy atom. The molecule has 0 aromatic heterocycles. The molecule has 1 amide bonds. The highest BCUT2D eigenvalue weighted by atomic mass is 32.2. The molecule has 150 valence electrons. The lowest BCUT2D eigenvalue weighted by Gasteiger charge is -2.34. The average Bonchev–Trinajstić information content (AvgIpc) is 2.71. The molecule has 0 aliphatic carbocycles. The number of ether oxygens (including phenoxy) is 2. The van der Waals surface area contributed by atoms with Gasteiger partial charge < -0.3 is 14.8 Å². The number of carbonyl (C=O) groups excluding carboxylic acids is 1. The molecule has 3 rings (SSSR count). The van der Waals surface area contributed by atoms with Crippen LogP contribution in [0.3, 0.4) is 0 Å². The molecule has 0 bridgehead atoms. The lowest BCUT2D eigenvalue weighted by Crippen LogP contribution is -2.51. The Balaban J connectivity index is 1.60. The van der Waals surface area contributed by atoms with Crippen molar-refractivity contribution in [3.8, 4) is 11.5 Å². The number of nitrogens with zero attached hydrogens (tertiary/aromatic N) is 1. The number of benzene rings is 2. The maximum atomic E-state index is 12.9. The van der Waals surface area contributed by atoms with Crippen LogP contribution >= 0.6 is 0 Å². The van der Waals surface area contributed by atoms with Crippen molar-refractivity contribution in [3.05, 3.63) is 54.3 Å². The van der Waals surface area contributed by atoms with Crippen LogP contribution in [-0.2, 0) is 14.8 Å². The predicted molar refractivity (Wildman–Crippen MR) is 103 cm³/mol. The third-order valence-corrected chi connectivity index (χ3v) is 5.96. The van der Waals surface area contributed by atoms with Gasteiger partial charge in [0.25, 0.3) is 5.91 Å². The molecule has 0 spiro atoms. The summed E-state index contributed by atoms with van der Waals surface area (Å²) in [6, 6.07) is 12.3. The van der Waals surface area contributed by atoms with Gasteiger partial charge in [-0.15, -0.1) is 0 Å². The van der Waals surface area contributed by atoms with E-state index in [1.807, 2.05) is 0 Å². The fourth-order valence-corrected chi connectivity index (χ4v) is 3.87. The summed E-state index contributed by atoms with van der Waals surface area (Å²) < 4.78 is 50.0. The second kappa shape index (κ2) is 8.47. The Kier molecular flexibility index (Phi) is 6.03. The Morgan fingerprint density at radius 2 is 1.96 bits per heavy atom. The number of fused-ring (bicyclic) bond motifs is 1. The van der Waals surface area contributed by atoms with E-state index in [1.54, 1.807) is 31.2 Å². The van der Waals surface area contributed by atoms with Crippen molar-refractivity contribution in [3.63, 3.8) is 0 Å². The summed E-state index contributed by atoms with van der Waals surface area (Å²) in [4.78, 5) is 12.5. The van der Waals surface area contributed by atoms with E-state index in [9.17, 15) is 17.6 Å². The lowest BCUT2D eigenvalue weighted by atomic mass is 10.2. The van der Waals surface area contributed by atoms with Crippen LogP contribution in [0.25, 0.3) is 0 Å². The van der Waals surface area contributed by atoms with Gasteiger partial charge in [0.1, 0.15) is 23.9 Å². The zero-order valence-electron chi connectivity index (χ0n) is 15.3. The topological polar surface area (TPSA) is 84.9 Å². The molecule has 28 heavy (non-hydrogen) atoms. The number of carbonyl (C=O) groups is 1. The van der Waals surface area contributed by atoms with Crippen molar-refractivity contribution < 1.29 is 27.1 Å². The minimum atomic E-state index is -3.55. The zero-order chi connectivity index (χ0) is 20.1. The summed E-state index contributed by atoms with van der Waals surface area (Å²) in [5.41, 5.74) is 0.424. The van der Waals surface area contributed by atoms with Crippen LogP contribution in [-0.4, -0.2) is 45.9 Å². The van der Waals surface area contributed by atoms with Crippen LogP contribution in [0.15, 0.2) is 48.5 Å². The second-order valence-electron chi connectivity index (χ2n) is 6.10. The highest BCUT2D eigenvalue weighted by molar-refractivity contribution is 7.92. The van der Waals surface area contributed by atoms with E-state index in [1.165, 1.54) is 28.6 Å². The van der Waals surface area contributed by atoms with Crippen molar-refractivity contribution >= 4 is 21.6 Å². The molecule has 1 heterocycles. The fraction of sp³-hybridized carbons (Fsp3) is 0.316. The van der Waals surface area contributed by atoms with Crippen molar-refractivity contribution in [1.29, 1.82) is 0 Å². The van der Waals surface area contributed by atoms with Crippen molar-refractivity contribution in [2.45, 2.75) is 13.0 Å². The van der Waals surface area contributed by atoms with Gasteiger partial charge in [-0.1, -0.05) is 12.1 Å². The molecule has 0 radical (unpaired) electrons. The summed E-state index contributed by atoms with van der Waals surface area (Å²) in [5.74, 6) is -0.0519. The number of para-hydroxylation sites is 2. The van der Waals surface area contributed by atoms with Gasteiger partial charge in [-0.05, 0) is 43.3 Å².